The van der Waals surface area contributed by atoms with Crippen LogP contribution < -0.4 is 0 Å². The molecule has 3 aliphatic rings. The molecular formula is C47H55N3O5. The molecule has 0 saturated carbocycles. The largest absolute Gasteiger partial charge is 0.465 e. The van der Waals surface area contributed by atoms with Crippen LogP contribution in [0.25, 0.3) is 0 Å². The molecule has 288 valence electrons. The fraction of sp³-hybridized carbons (Fsp3) is 0.426. The number of hydrogen-bond donors (Lipinski definition) is 1. The molecule has 55 heavy (non-hydrogen) atoms. The zero-order valence-corrected chi connectivity index (χ0v) is 32.3. The fourth-order valence-electron chi connectivity index (χ4n) is 8.91. The van der Waals surface area contributed by atoms with Gasteiger partial charge in [-0.1, -0.05) is 121 Å². The van der Waals surface area contributed by atoms with Crippen molar-refractivity contribution in [2.45, 2.75) is 86.8 Å². The summed E-state index contributed by atoms with van der Waals surface area (Å²) in [5, 5.41) is 20.0. The number of fused-ring (bicyclic) bond motifs is 2. The van der Waals surface area contributed by atoms with Crippen molar-refractivity contribution in [3.63, 3.8) is 0 Å². The van der Waals surface area contributed by atoms with E-state index in [1.54, 1.807) is 0 Å². The van der Waals surface area contributed by atoms with Crippen LogP contribution in [0.3, 0.4) is 0 Å². The van der Waals surface area contributed by atoms with Gasteiger partial charge in [-0.3, -0.25) is 9.59 Å². The van der Waals surface area contributed by atoms with E-state index >= 15 is 0 Å². The molecule has 3 saturated heterocycles. The molecule has 4 atom stereocenters. The number of nitrogens with zero attached hydrogens (tertiary/aromatic N) is 3. The SMILES string of the molecule is CCOC(=O)C1(c2ccccc2)CCN(CCC(C#N)(c2ccccc2)c2ccccc2)CC1.CN1[C@@H]2CC[C@H]1C[C@@H](OC(=O)C(CO)c1ccccc1)C2. The van der Waals surface area contributed by atoms with Crippen LogP contribution in [0.4, 0.5) is 0 Å². The van der Waals surface area contributed by atoms with Crippen LogP contribution in [0, 0.1) is 11.3 Å². The Bertz CT molecular complexity index is 1790. The van der Waals surface area contributed by atoms with Crippen LogP contribution >= 0.6 is 0 Å². The first-order valence-corrected chi connectivity index (χ1v) is 19.9. The number of carbonyl (C=O) groups excluding carboxylic acids is 2. The Morgan fingerprint density at radius 1 is 0.836 bits per heavy atom. The van der Waals surface area contributed by atoms with Crippen molar-refractivity contribution >= 4 is 11.9 Å². The number of aliphatic hydroxyl groups excluding tert-OH is 1. The summed E-state index contributed by atoms with van der Waals surface area (Å²) >= 11 is 0. The third-order valence-corrected chi connectivity index (χ3v) is 12.2. The molecule has 4 aromatic carbocycles. The highest BCUT2D eigenvalue weighted by molar-refractivity contribution is 5.83. The standard InChI is InChI=1S/C30H32N2O2.C17H23NO3/c1-2-34-28(33)29(25-12-6-3-7-13-25)18-21-32(22-19-29)23-20-30(24-31,26-14-8-4-9-15-26)27-16-10-5-11-17-27;1-18-13-7-8-14(18)10-15(9-13)21-17(20)16(11-19)12-5-3-2-4-6-12/h3-17H,2,18-23H2,1H3;2-6,13-16,19H,7-11H2,1H3/t;13-,14+,15+,16?. The molecule has 7 rings (SSSR count). The summed E-state index contributed by atoms with van der Waals surface area (Å²) in [6.07, 6.45) is 6.38. The fourth-order valence-corrected chi connectivity index (χ4v) is 8.91. The summed E-state index contributed by atoms with van der Waals surface area (Å²) in [7, 11) is 2.17. The van der Waals surface area contributed by atoms with Crippen LogP contribution in [0.15, 0.2) is 121 Å². The first kappa shape index (κ1) is 39.9. The zero-order valence-electron chi connectivity index (χ0n) is 32.3. The van der Waals surface area contributed by atoms with E-state index in [4.69, 9.17) is 9.47 Å². The molecular weight excluding hydrogens is 687 g/mol. The molecule has 3 heterocycles. The molecule has 0 aromatic heterocycles. The van der Waals surface area contributed by atoms with Gasteiger partial charge in [0, 0.05) is 18.6 Å². The quantitative estimate of drug-likeness (QED) is 0.150. The Hall–Kier alpha value is -4.81. The normalized spacial score (nSPS) is 21.3. The summed E-state index contributed by atoms with van der Waals surface area (Å²) in [6.45, 7) is 4.40. The van der Waals surface area contributed by atoms with E-state index in [0.29, 0.717) is 38.0 Å². The highest BCUT2D eigenvalue weighted by Crippen LogP contribution is 2.40. The second-order valence-corrected chi connectivity index (χ2v) is 15.2. The van der Waals surface area contributed by atoms with Gasteiger partial charge < -0.3 is 24.4 Å². The number of nitriles is 1. The van der Waals surface area contributed by atoms with Gasteiger partial charge in [0.05, 0.1) is 24.7 Å². The second-order valence-electron chi connectivity index (χ2n) is 15.2. The lowest BCUT2D eigenvalue weighted by atomic mass is 9.71. The van der Waals surface area contributed by atoms with Crippen molar-refractivity contribution in [3.05, 3.63) is 144 Å². The lowest BCUT2D eigenvalue weighted by Crippen LogP contribution is -2.49. The van der Waals surface area contributed by atoms with Crippen molar-refractivity contribution in [2.24, 2.45) is 0 Å². The van der Waals surface area contributed by atoms with Gasteiger partial charge in [0.2, 0.25) is 0 Å². The predicted octanol–water partition coefficient (Wildman–Crippen LogP) is 7.41. The highest BCUT2D eigenvalue weighted by atomic mass is 16.5. The summed E-state index contributed by atoms with van der Waals surface area (Å²) < 4.78 is 11.2. The Morgan fingerprint density at radius 3 is 1.84 bits per heavy atom. The average molecular weight is 742 g/mol. The van der Waals surface area contributed by atoms with Crippen LogP contribution in [0.1, 0.15) is 80.0 Å². The smallest absolute Gasteiger partial charge is 0.316 e. The van der Waals surface area contributed by atoms with Crippen molar-refractivity contribution in [1.29, 1.82) is 5.26 Å². The number of hydrogen-bond acceptors (Lipinski definition) is 8. The first-order chi connectivity index (χ1) is 26.8. The first-order valence-electron chi connectivity index (χ1n) is 19.9. The van der Waals surface area contributed by atoms with Gasteiger partial charge in [0.1, 0.15) is 17.4 Å². The molecule has 3 fully saturated rings. The minimum Gasteiger partial charge on any atom is -0.465 e. The number of esters is 2. The lowest BCUT2D eigenvalue weighted by Gasteiger charge is -2.41. The van der Waals surface area contributed by atoms with E-state index in [0.717, 1.165) is 54.7 Å². The van der Waals surface area contributed by atoms with Gasteiger partial charge in [-0.05, 0) is 94.3 Å². The average Bonchev–Trinajstić information content (AvgIpc) is 3.42. The van der Waals surface area contributed by atoms with Gasteiger partial charge >= 0.3 is 11.9 Å². The Morgan fingerprint density at radius 2 is 1.35 bits per heavy atom. The Kier molecular flexibility index (Phi) is 13.5. The minimum atomic E-state index is -0.711. The number of ether oxygens (including phenoxy) is 2. The molecule has 0 radical (unpaired) electrons. The molecule has 3 aliphatic heterocycles. The summed E-state index contributed by atoms with van der Waals surface area (Å²) in [5.74, 6) is -0.984. The lowest BCUT2D eigenvalue weighted by molar-refractivity contribution is -0.155. The molecule has 8 nitrogen and oxygen atoms in total. The van der Waals surface area contributed by atoms with Crippen molar-refractivity contribution in [2.75, 3.05) is 39.9 Å². The number of rotatable bonds is 12. The van der Waals surface area contributed by atoms with Gasteiger partial charge in [-0.2, -0.15) is 5.26 Å². The molecule has 2 bridgehead atoms. The predicted molar refractivity (Wildman–Crippen MR) is 214 cm³/mol. The Labute approximate surface area is 326 Å². The van der Waals surface area contributed by atoms with Crippen molar-refractivity contribution in [1.82, 2.24) is 9.80 Å². The third-order valence-electron chi connectivity index (χ3n) is 12.2. The maximum atomic E-state index is 13.1. The van der Waals surface area contributed by atoms with Crippen LogP contribution in [-0.4, -0.2) is 84.9 Å². The molecule has 0 spiro atoms. The van der Waals surface area contributed by atoms with Gasteiger partial charge in [0.15, 0.2) is 0 Å². The van der Waals surface area contributed by atoms with Crippen LogP contribution in [0.2, 0.25) is 0 Å². The maximum absolute atomic E-state index is 13.1. The number of carbonyl (C=O) groups is 2. The Balaban J connectivity index is 0.000000209. The molecule has 4 aromatic rings. The second kappa shape index (κ2) is 18.7. The summed E-state index contributed by atoms with van der Waals surface area (Å²) in [5.41, 5.74) is 2.59. The van der Waals surface area contributed by atoms with E-state index in [1.807, 2.05) is 128 Å². The molecule has 1 N–H and O–H groups in total. The topological polar surface area (TPSA) is 103 Å². The van der Waals surface area contributed by atoms with Crippen molar-refractivity contribution < 1.29 is 24.2 Å². The number of aliphatic hydroxyl groups is 1. The molecule has 0 aliphatic carbocycles. The van der Waals surface area contributed by atoms with Gasteiger partial charge in [-0.15, -0.1) is 0 Å². The minimum absolute atomic E-state index is 0.00367. The van der Waals surface area contributed by atoms with E-state index < -0.39 is 16.7 Å². The van der Waals surface area contributed by atoms with Crippen molar-refractivity contribution in [3.8, 4) is 6.07 Å². The van der Waals surface area contributed by atoms with E-state index in [2.05, 4.69) is 22.9 Å². The van der Waals surface area contributed by atoms with E-state index in [-0.39, 0.29) is 24.6 Å². The highest BCUT2D eigenvalue weighted by Gasteiger charge is 2.45. The third kappa shape index (κ3) is 9.02. The maximum Gasteiger partial charge on any atom is 0.316 e. The number of benzene rings is 4. The van der Waals surface area contributed by atoms with Gasteiger partial charge in [0.25, 0.3) is 0 Å². The molecule has 8 heteroatoms. The summed E-state index contributed by atoms with van der Waals surface area (Å²) in [6, 6.07) is 43.3. The van der Waals surface area contributed by atoms with E-state index in [9.17, 15) is 20.0 Å². The molecule has 0 amide bonds. The van der Waals surface area contributed by atoms with Crippen LogP contribution in [-0.2, 0) is 29.9 Å². The number of piperidine rings is 2. The molecule has 1 unspecified atom stereocenters. The zero-order chi connectivity index (χ0) is 38.7. The summed E-state index contributed by atoms with van der Waals surface area (Å²) in [4.78, 5) is 30.2. The number of likely N-dealkylation sites (tertiary alicyclic amines) is 1. The van der Waals surface area contributed by atoms with E-state index in [1.165, 1.54) is 12.8 Å². The van der Waals surface area contributed by atoms with Crippen LogP contribution in [0.5, 0.6) is 0 Å². The monoisotopic (exact) mass is 741 g/mol. The van der Waals surface area contributed by atoms with Gasteiger partial charge in [-0.25, -0.2) is 0 Å².